The largest absolute Gasteiger partial charge is 0.544 e. The molecule has 0 radical (unpaired) electrons. The molecule has 0 aromatic heterocycles. The van der Waals surface area contributed by atoms with Crippen LogP contribution < -0.4 is 5.73 Å². The molecule has 1 heterocycles. The quantitative estimate of drug-likeness (QED) is 0.385. The van der Waals surface area contributed by atoms with Crippen LogP contribution in [-0.2, 0) is 33.3 Å². The van der Waals surface area contributed by atoms with Crippen LogP contribution >= 0.6 is 7.82 Å². The molecule has 80 valence electrons. The Hall–Kier alpha value is -0.990. The van der Waals surface area contributed by atoms with Crippen molar-refractivity contribution in [2.75, 3.05) is 0 Å². The molecule has 9 nitrogen and oxygen atoms in total. The molecule has 0 spiro atoms. The summed E-state index contributed by atoms with van der Waals surface area (Å²) in [5.41, 5.74) is 5.11. The van der Waals surface area contributed by atoms with Gasteiger partial charge >= 0.3 is 19.8 Å². The number of rotatable bonds is 0. The van der Waals surface area contributed by atoms with Gasteiger partial charge in [0.15, 0.2) is 0 Å². The van der Waals surface area contributed by atoms with Crippen molar-refractivity contribution >= 4 is 19.8 Å². The number of nitrogens with two attached hydrogens (primary N) is 1. The van der Waals surface area contributed by atoms with Gasteiger partial charge in [-0.1, -0.05) is 9.35 Å². The van der Waals surface area contributed by atoms with Gasteiger partial charge in [0.25, 0.3) is 0 Å². The molecule has 10 heteroatoms. The zero-order valence-electron chi connectivity index (χ0n) is 6.61. The molecule has 1 fully saturated rings. The molecular weight excluding hydrogens is 221 g/mol. The smallest absolute Gasteiger partial charge is 0.318 e. The van der Waals surface area contributed by atoms with Crippen molar-refractivity contribution < 1.29 is 38.2 Å². The Morgan fingerprint density at radius 1 is 1.36 bits per heavy atom. The fraction of sp³-hybridized carbons (Fsp3) is 0.500. The van der Waals surface area contributed by atoms with Crippen LogP contribution in [0.15, 0.2) is 0 Å². The Kier molecular flexibility index (Phi) is 3.19. The Morgan fingerprint density at radius 3 is 2.57 bits per heavy atom. The van der Waals surface area contributed by atoms with Gasteiger partial charge in [0, 0.05) is 0 Å². The van der Waals surface area contributed by atoms with Crippen molar-refractivity contribution in [2.24, 2.45) is 5.73 Å². The lowest BCUT2D eigenvalue weighted by Gasteiger charge is -2.05. The van der Waals surface area contributed by atoms with Crippen LogP contribution in [0.1, 0.15) is 6.42 Å². The van der Waals surface area contributed by atoms with E-state index in [1.54, 1.807) is 0 Å². The number of carbonyl (C=O) groups excluding carboxylic acids is 2. The molecule has 1 aliphatic heterocycles. The summed E-state index contributed by atoms with van der Waals surface area (Å²) in [4.78, 5) is 37.7. The highest BCUT2D eigenvalue weighted by Crippen LogP contribution is 2.44. The molecule has 0 aromatic carbocycles. The van der Waals surface area contributed by atoms with Crippen molar-refractivity contribution in [1.82, 2.24) is 0 Å². The minimum absolute atomic E-state index is 0.553. The first-order chi connectivity index (χ1) is 6.41. The fourth-order valence-corrected chi connectivity index (χ4v) is 0.913. The van der Waals surface area contributed by atoms with Crippen LogP contribution in [0.3, 0.4) is 0 Å². The Balaban J connectivity index is 2.75. The van der Waals surface area contributed by atoms with Crippen LogP contribution in [0.25, 0.3) is 0 Å². The van der Waals surface area contributed by atoms with Gasteiger partial charge < -0.3 is 5.73 Å². The summed E-state index contributed by atoms with van der Waals surface area (Å²) >= 11 is 0. The van der Waals surface area contributed by atoms with Gasteiger partial charge in [-0.25, -0.2) is 14.2 Å². The van der Waals surface area contributed by atoms with Gasteiger partial charge in [-0.2, -0.15) is 0 Å². The molecular formula is C4H6NO8P. The zero-order chi connectivity index (χ0) is 10.8. The highest BCUT2D eigenvalue weighted by atomic mass is 31.2. The van der Waals surface area contributed by atoms with E-state index in [9.17, 15) is 14.2 Å². The molecule has 3 N–H and O–H groups in total. The fourth-order valence-electron chi connectivity index (χ4n) is 0.544. The molecule has 0 aromatic rings. The van der Waals surface area contributed by atoms with Crippen LogP contribution in [0, 0.1) is 0 Å². The van der Waals surface area contributed by atoms with E-state index in [0.29, 0.717) is 0 Å². The highest BCUT2D eigenvalue weighted by molar-refractivity contribution is 7.47. The predicted octanol–water partition coefficient (Wildman–Crippen LogP) is -1.23. The Bertz CT molecular complexity index is 302. The first kappa shape index (κ1) is 11.1. The first-order valence-electron chi connectivity index (χ1n) is 3.28. The minimum Gasteiger partial charge on any atom is -0.318 e. The molecule has 2 atom stereocenters. The number of hydrogen-bond donors (Lipinski definition) is 2. The topological polar surface area (TPSA) is 134 Å². The third-order valence-electron chi connectivity index (χ3n) is 1.13. The Labute approximate surface area is 77.1 Å². The molecule has 0 saturated carbocycles. The third kappa shape index (κ3) is 3.05. The lowest BCUT2D eigenvalue weighted by Crippen LogP contribution is -2.34. The van der Waals surface area contributed by atoms with Gasteiger partial charge in [0.05, 0.1) is 6.42 Å². The first-order valence-corrected chi connectivity index (χ1v) is 4.78. The molecule has 0 aliphatic carbocycles. The van der Waals surface area contributed by atoms with E-state index in [4.69, 9.17) is 10.6 Å². The highest BCUT2D eigenvalue weighted by Gasteiger charge is 2.33. The lowest BCUT2D eigenvalue weighted by molar-refractivity contribution is -0.255. The summed E-state index contributed by atoms with van der Waals surface area (Å²) in [5, 5.41) is 0. The summed E-state index contributed by atoms with van der Waals surface area (Å²) in [6, 6.07) is -1.34. The van der Waals surface area contributed by atoms with E-state index < -0.39 is 32.2 Å². The maximum absolute atomic E-state index is 10.8. The van der Waals surface area contributed by atoms with Crippen LogP contribution in [-0.4, -0.2) is 22.9 Å². The van der Waals surface area contributed by atoms with Crippen LogP contribution in [0.2, 0.25) is 0 Å². The summed E-state index contributed by atoms with van der Waals surface area (Å²) < 4.78 is 18.0. The maximum Gasteiger partial charge on any atom is 0.544 e. The second-order valence-corrected chi connectivity index (χ2v) is 3.52. The molecule has 14 heavy (non-hydrogen) atoms. The molecule has 1 rings (SSSR count). The molecule has 1 saturated heterocycles. The van der Waals surface area contributed by atoms with Crippen molar-refractivity contribution in [3.8, 4) is 0 Å². The Morgan fingerprint density at radius 2 is 1.93 bits per heavy atom. The second-order valence-electron chi connectivity index (χ2n) is 2.29. The second kappa shape index (κ2) is 4.03. The minimum atomic E-state index is -4.73. The summed E-state index contributed by atoms with van der Waals surface area (Å²) in [5.74, 6) is -2.27. The van der Waals surface area contributed by atoms with E-state index in [2.05, 4.69) is 19.1 Å². The summed E-state index contributed by atoms with van der Waals surface area (Å²) in [6.45, 7) is 0. The molecule has 0 amide bonds. The predicted molar refractivity (Wildman–Crippen MR) is 36.8 cm³/mol. The van der Waals surface area contributed by atoms with E-state index in [-0.39, 0.29) is 0 Å². The monoisotopic (exact) mass is 227 g/mol. The SMILES string of the molecule is NC1CC(=O)OOP(=O)(O)OOC1=O. The van der Waals surface area contributed by atoms with Gasteiger partial charge in [0.1, 0.15) is 6.04 Å². The van der Waals surface area contributed by atoms with Crippen LogP contribution in [0.5, 0.6) is 0 Å². The van der Waals surface area contributed by atoms with Crippen molar-refractivity contribution in [2.45, 2.75) is 12.5 Å². The van der Waals surface area contributed by atoms with E-state index >= 15 is 0 Å². The van der Waals surface area contributed by atoms with Gasteiger partial charge in [-0.05, 0) is 0 Å². The summed E-state index contributed by atoms with van der Waals surface area (Å²) in [7, 11) is -4.73. The average Bonchev–Trinajstić information content (AvgIpc) is 2.13. The number of carbonyl (C=O) groups is 2. The van der Waals surface area contributed by atoms with E-state index in [1.807, 2.05) is 0 Å². The number of phosphoric acid groups is 1. The molecule has 0 bridgehead atoms. The van der Waals surface area contributed by atoms with Gasteiger partial charge in [0.2, 0.25) is 0 Å². The third-order valence-corrected chi connectivity index (χ3v) is 1.65. The normalized spacial score (nSPS) is 34.9. The molecule has 1 aliphatic rings. The summed E-state index contributed by atoms with van der Waals surface area (Å²) in [6.07, 6.45) is -0.553. The molecule has 2 unspecified atom stereocenters. The lowest BCUT2D eigenvalue weighted by atomic mass is 10.2. The van der Waals surface area contributed by atoms with E-state index in [0.717, 1.165) is 0 Å². The standard InChI is InChI=1S/C4H6NO8P/c5-2-1-3(6)10-12-14(8,9)13-11-4(2)7/h2H,1,5H2,(H,8,9). The maximum atomic E-state index is 10.8. The van der Waals surface area contributed by atoms with Crippen molar-refractivity contribution in [1.29, 1.82) is 0 Å². The van der Waals surface area contributed by atoms with Crippen molar-refractivity contribution in [3.63, 3.8) is 0 Å². The number of hydrogen-bond acceptors (Lipinski definition) is 8. The van der Waals surface area contributed by atoms with Gasteiger partial charge in [-0.15, -0.1) is 0 Å². The van der Waals surface area contributed by atoms with E-state index in [1.165, 1.54) is 0 Å². The zero-order valence-corrected chi connectivity index (χ0v) is 7.51. The average molecular weight is 227 g/mol. The van der Waals surface area contributed by atoms with Gasteiger partial charge in [-0.3, -0.25) is 14.7 Å². The van der Waals surface area contributed by atoms with Crippen molar-refractivity contribution in [3.05, 3.63) is 0 Å². The van der Waals surface area contributed by atoms with Crippen LogP contribution in [0.4, 0.5) is 0 Å².